The topological polar surface area (TPSA) is 66.5 Å². The Balaban J connectivity index is 2.35. The second-order valence-corrected chi connectivity index (χ2v) is 8.08. The number of halogens is 3. The van der Waals surface area contributed by atoms with E-state index in [1.165, 1.54) is 6.92 Å². The Morgan fingerprint density at radius 2 is 1.81 bits per heavy atom. The Kier molecular flexibility index (Phi) is 5.87. The van der Waals surface area contributed by atoms with E-state index in [9.17, 15) is 22.0 Å². The van der Waals surface area contributed by atoms with Crippen LogP contribution in [0.5, 0.6) is 0 Å². The van der Waals surface area contributed by atoms with Crippen molar-refractivity contribution in [1.82, 2.24) is 0 Å². The van der Waals surface area contributed by atoms with Crippen molar-refractivity contribution in [1.29, 1.82) is 0 Å². The molecule has 0 aliphatic rings. The molecule has 1 unspecified atom stereocenters. The predicted molar refractivity (Wildman–Crippen MR) is 98.0 cm³/mol. The molecule has 2 aromatic carbocycles. The zero-order valence-corrected chi connectivity index (χ0v) is 15.8. The number of rotatable bonds is 5. The van der Waals surface area contributed by atoms with Crippen LogP contribution in [0.25, 0.3) is 0 Å². The molecule has 2 aromatic rings. The van der Waals surface area contributed by atoms with E-state index >= 15 is 0 Å². The number of anilines is 2. The van der Waals surface area contributed by atoms with Gasteiger partial charge in [-0.1, -0.05) is 11.6 Å². The van der Waals surface area contributed by atoms with Crippen molar-refractivity contribution < 1.29 is 22.0 Å². The standard InChI is InChI=1S/C17H17ClF2N2O3S/c1-10-8-12(18)4-7-16(10)21-17(23)11(2)22(26(3,24)25)13-5-6-14(19)15(20)9-13/h4-9,11H,1-3H3,(H,21,23). The molecule has 2 rings (SSSR count). The quantitative estimate of drug-likeness (QED) is 0.828. The summed E-state index contributed by atoms with van der Waals surface area (Å²) >= 11 is 5.87. The van der Waals surface area contributed by atoms with E-state index in [4.69, 9.17) is 11.6 Å². The minimum Gasteiger partial charge on any atom is -0.324 e. The molecular weight excluding hydrogens is 386 g/mol. The molecule has 0 aliphatic carbocycles. The zero-order chi connectivity index (χ0) is 19.6. The Morgan fingerprint density at radius 3 is 2.35 bits per heavy atom. The monoisotopic (exact) mass is 402 g/mol. The van der Waals surface area contributed by atoms with Gasteiger partial charge < -0.3 is 5.32 Å². The van der Waals surface area contributed by atoms with Crippen LogP contribution in [0.4, 0.5) is 20.2 Å². The highest BCUT2D eigenvalue weighted by atomic mass is 35.5. The molecule has 0 aliphatic heterocycles. The second-order valence-electron chi connectivity index (χ2n) is 5.78. The van der Waals surface area contributed by atoms with Gasteiger partial charge in [-0.2, -0.15) is 0 Å². The van der Waals surface area contributed by atoms with E-state index in [1.807, 2.05) is 0 Å². The fourth-order valence-electron chi connectivity index (χ4n) is 2.44. The first kappa shape index (κ1) is 20.1. The number of nitrogens with one attached hydrogen (secondary N) is 1. The number of carbonyl (C=O) groups is 1. The number of benzene rings is 2. The molecule has 1 N–H and O–H groups in total. The number of carbonyl (C=O) groups excluding carboxylic acids is 1. The van der Waals surface area contributed by atoms with Crippen molar-refractivity contribution in [2.75, 3.05) is 15.9 Å². The molecule has 1 amide bonds. The van der Waals surface area contributed by atoms with Crippen LogP contribution in [0.15, 0.2) is 36.4 Å². The van der Waals surface area contributed by atoms with Crippen LogP contribution in [0.3, 0.4) is 0 Å². The van der Waals surface area contributed by atoms with Gasteiger partial charge in [0.05, 0.1) is 11.9 Å². The highest BCUT2D eigenvalue weighted by Gasteiger charge is 2.30. The van der Waals surface area contributed by atoms with Gasteiger partial charge in [0.15, 0.2) is 11.6 Å². The molecule has 0 fully saturated rings. The summed E-state index contributed by atoms with van der Waals surface area (Å²) in [6.07, 6.45) is 0.881. The average molecular weight is 403 g/mol. The summed E-state index contributed by atoms with van der Waals surface area (Å²) < 4.78 is 51.7. The minimum atomic E-state index is -3.94. The Bertz CT molecular complexity index is 951. The molecule has 26 heavy (non-hydrogen) atoms. The number of hydrogen-bond acceptors (Lipinski definition) is 3. The van der Waals surface area contributed by atoms with Crippen LogP contribution in [0.1, 0.15) is 12.5 Å². The highest BCUT2D eigenvalue weighted by Crippen LogP contribution is 2.25. The summed E-state index contributed by atoms with van der Waals surface area (Å²) in [5.74, 6) is -2.96. The van der Waals surface area contributed by atoms with Gasteiger partial charge in [-0.15, -0.1) is 0 Å². The van der Waals surface area contributed by atoms with Crippen molar-refractivity contribution in [2.24, 2.45) is 0 Å². The van der Waals surface area contributed by atoms with Crippen molar-refractivity contribution in [3.05, 3.63) is 58.6 Å². The molecule has 0 aromatic heterocycles. The summed E-state index contributed by atoms with van der Waals surface area (Å²) in [6, 6.07) is 6.24. The van der Waals surface area contributed by atoms with E-state index < -0.39 is 33.6 Å². The number of hydrogen-bond donors (Lipinski definition) is 1. The Labute approximate surface area is 155 Å². The largest absolute Gasteiger partial charge is 0.324 e. The molecule has 9 heteroatoms. The molecule has 0 spiro atoms. The lowest BCUT2D eigenvalue weighted by atomic mass is 10.2. The predicted octanol–water partition coefficient (Wildman–Crippen LogP) is 3.72. The summed E-state index contributed by atoms with van der Waals surface area (Å²) in [5, 5.41) is 3.11. The van der Waals surface area contributed by atoms with Gasteiger partial charge in [0.1, 0.15) is 6.04 Å². The molecule has 0 radical (unpaired) electrons. The maximum absolute atomic E-state index is 13.5. The van der Waals surface area contributed by atoms with Gasteiger partial charge >= 0.3 is 0 Å². The van der Waals surface area contributed by atoms with Crippen LogP contribution in [0.2, 0.25) is 5.02 Å². The fraction of sp³-hybridized carbons (Fsp3) is 0.235. The van der Waals surface area contributed by atoms with E-state index in [0.717, 1.165) is 28.8 Å². The normalized spacial score (nSPS) is 12.5. The third-order valence-electron chi connectivity index (χ3n) is 3.69. The maximum atomic E-state index is 13.5. The molecule has 0 heterocycles. The fourth-order valence-corrected chi connectivity index (χ4v) is 3.83. The first-order valence-electron chi connectivity index (χ1n) is 7.52. The maximum Gasteiger partial charge on any atom is 0.248 e. The third-order valence-corrected chi connectivity index (χ3v) is 5.17. The van der Waals surface area contributed by atoms with Crippen LogP contribution in [-0.2, 0) is 14.8 Å². The lowest BCUT2D eigenvalue weighted by Crippen LogP contribution is -2.45. The highest BCUT2D eigenvalue weighted by molar-refractivity contribution is 7.92. The second kappa shape index (κ2) is 7.59. The van der Waals surface area contributed by atoms with Gasteiger partial charge in [0.25, 0.3) is 0 Å². The SMILES string of the molecule is Cc1cc(Cl)ccc1NC(=O)C(C)N(c1ccc(F)c(F)c1)S(C)(=O)=O. The van der Waals surface area contributed by atoms with Crippen molar-refractivity contribution in [2.45, 2.75) is 19.9 Å². The Morgan fingerprint density at radius 1 is 1.15 bits per heavy atom. The van der Waals surface area contributed by atoms with E-state index in [-0.39, 0.29) is 5.69 Å². The first-order valence-corrected chi connectivity index (χ1v) is 9.75. The van der Waals surface area contributed by atoms with Crippen LogP contribution in [-0.4, -0.2) is 26.6 Å². The van der Waals surface area contributed by atoms with E-state index in [1.54, 1.807) is 25.1 Å². The number of aryl methyl sites for hydroxylation is 1. The van der Waals surface area contributed by atoms with Gasteiger partial charge in [-0.3, -0.25) is 9.10 Å². The van der Waals surface area contributed by atoms with Gasteiger partial charge in [-0.05, 0) is 49.7 Å². The lowest BCUT2D eigenvalue weighted by Gasteiger charge is -2.28. The number of nitrogens with zero attached hydrogens (tertiary/aromatic N) is 1. The molecular formula is C17H17ClF2N2O3S. The lowest BCUT2D eigenvalue weighted by molar-refractivity contribution is -0.116. The van der Waals surface area contributed by atoms with Crippen molar-refractivity contribution in [3.8, 4) is 0 Å². The van der Waals surface area contributed by atoms with E-state index in [0.29, 0.717) is 16.3 Å². The number of sulfonamides is 1. The van der Waals surface area contributed by atoms with Crippen molar-refractivity contribution >= 4 is 38.9 Å². The van der Waals surface area contributed by atoms with Crippen LogP contribution >= 0.6 is 11.6 Å². The zero-order valence-electron chi connectivity index (χ0n) is 14.3. The number of amides is 1. The first-order chi connectivity index (χ1) is 12.0. The van der Waals surface area contributed by atoms with Crippen molar-refractivity contribution in [3.63, 3.8) is 0 Å². The minimum absolute atomic E-state index is 0.151. The smallest absolute Gasteiger partial charge is 0.248 e. The van der Waals surface area contributed by atoms with Gasteiger partial charge in [-0.25, -0.2) is 17.2 Å². The van der Waals surface area contributed by atoms with Crippen LogP contribution < -0.4 is 9.62 Å². The Hall–Kier alpha value is -2.19. The molecule has 5 nitrogen and oxygen atoms in total. The van der Waals surface area contributed by atoms with Gasteiger partial charge in [0, 0.05) is 16.8 Å². The summed E-state index contributed by atoms with van der Waals surface area (Å²) in [6.45, 7) is 3.08. The summed E-state index contributed by atoms with van der Waals surface area (Å²) in [4.78, 5) is 12.5. The summed E-state index contributed by atoms with van der Waals surface area (Å²) in [5.41, 5.74) is 1.00. The molecule has 1 atom stereocenters. The molecule has 140 valence electrons. The summed E-state index contributed by atoms with van der Waals surface area (Å²) in [7, 11) is -3.94. The molecule has 0 saturated heterocycles. The van der Waals surface area contributed by atoms with Crippen LogP contribution in [0, 0.1) is 18.6 Å². The third kappa shape index (κ3) is 4.50. The van der Waals surface area contributed by atoms with Gasteiger partial charge in [0.2, 0.25) is 15.9 Å². The van der Waals surface area contributed by atoms with E-state index in [2.05, 4.69) is 5.32 Å². The molecule has 0 saturated carbocycles. The average Bonchev–Trinajstić information content (AvgIpc) is 2.52. The molecule has 0 bridgehead atoms.